The predicted molar refractivity (Wildman–Crippen MR) is 76.4 cm³/mol. The Morgan fingerprint density at radius 1 is 1.35 bits per heavy atom. The molecule has 0 aromatic rings. The maximum absolute atomic E-state index is 11.9. The molecule has 114 valence electrons. The minimum absolute atomic E-state index is 0.0542. The van der Waals surface area contributed by atoms with Gasteiger partial charge in [0.2, 0.25) is 0 Å². The maximum Gasteiger partial charge on any atom is 0.410 e. The number of nitrogens with zero attached hydrogens (tertiary/aromatic N) is 1. The van der Waals surface area contributed by atoms with E-state index >= 15 is 0 Å². The molecule has 0 saturated carbocycles. The molecule has 1 heterocycles. The van der Waals surface area contributed by atoms with Crippen LogP contribution in [0.15, 0.2) is 11.6 Å². The summed E-state index contributed by atoms with van der Waals surface area (Å²) < 4.78 is 10.1. The fourth-order valence-electron chi connectivity index (χ4n) is 2.22. The molecule has 1 atom stereocenters. The fraction of sp³-hybridized carbons (Fsp3) is 0.733. The highest BCUT2D eigenvalue weighted by atomic mass is 16.6. The second kappa shape index (κ2) is 8.61. The first-order chi connectivity index (χ1) is 9.58. The minimum atomic E-state index is -0.298. The van der Waals surface area contributed by atoms with Gasteiger partial charge in [-0.25, -0.2) is 9.59 Å². The van der Waals surface area contributed by atoms with E-state index < -0.39 is 0 Å². The van der Waals surface area contributed by atoms with E-state index in [9.17, 15) is 9.59 Å². The Kier molecular flexibility index (Phi) is 7.12. The summed E-state index contributed by atoms with van der Waals surface area (Å²) in [6.45, 7) is 7.27. The number of carbonyl (C=O) groups is 2. The highest BCUT2D eigenvalue weighted by Crippen LogP contribution is 2.22. The van der Waals surface area contributed by atoms with Crippen LogP contribution in [0.1, 0.15) is 46.5 Å². The van der Waals surface area contributed by atoms with E-state index in [0.717, 1.165) is 18.4 Å². The summed E-state index contributed by atoms with van der Waals surface area (Å²) in [6, 6.07) is 0.0542. The highest BCUT2D eigenvalue weighted by Gasteiger charge is 2.27. The van der Waals surface area contributed by atoms with Crippen LogP contribution in [-0.4, -0.2) is 42.8 Å². The lowest BCUT2D eigenvalue weighted by Crippen LogP contribution is -2.43. The molecular formula is C15H25NO4. The van der Waals surface area contributed by atoms with Crippen LogP contribution in [0.3, 0.4) is 0 Å². The lowest BCUT2D eigenvalue weighted by atomic mass is 9.98. The number of amides is 1. The summed E-state index contributed by atoms with van der Waals surface area (Å²) in [5.41, 5.74) is 1.04. The molecule has 1 aliphatic heterocycles. The molecule has 1 rings (SSSR count). The third-order valence-corrected chi connectivity index (χ3v) is 3.33. The van der Waals surface area contributed by atoms with Gasteiger partial charge in [-0.2, -0.15) is 0 Å². The molecule has 0 radical (unpaired) electrons. The van der Waals surface area contributed by atoms with Gasteiger partial charge < -0.3 is 14.4 Å². The van der Waals surface area contributed by atoms with Gasteiger partial charge in [0.15, 0.2) is 0 Å². The second-order valence-electron chi connectivity index (χ2n) is 5.02. The number of hydrogen-bond acceptors (Lipinski definition) is 4. The van der Waals surface area contributed by atoms with E-state index in [1.165, 1.54) is 0 Å². The lowest BCUT2D eigenvalue weighted by molar-refractivity contribution is -0.137. The molecule has 1 aliphatic rings. The Hall–Kier alpha value is -1.52. The van der Waals surface area contributed by atoms with Gasteiger partial charge >= 0.3 is 12.1 Å². The van der Waals surface area contributed by atoms with Gasteiger partial charge in [0.25, 0.3) is 0 Å². The van der Waals surface area contributed by atoms with Gasteiger partial charge in [-0.3, -0.25) is 0 Å². The molecule has 1 saturated heterocycles. The van der Waals surface area contributed by atoms with Crippen LogP contribution in [0.5, 0.6) is 0 Å². The topological polar surface area (TPSA) is 55.8 Å². The molecule has 1 fully saturated rings. The molecular weight excluding hydrogens is 258 g/mol. The lowest BCUT2D eigenvalue weighted by Gasteiger charge is -2.33. The molecule has 0 aliphatic carbocycles. The first kappa shape index (κ1) is 16.5. The minimum Gasteiger partial charge on any atom is -0.463 e. The summed E-state index contributed by atoms with van der Waals surface area (Å²) in [5.74, 6) is -0.298. The molecule has 5 nitrogen and oxygen atoms in total. The van der Waals surface area contributed by atoms with Gasteiger partial charge in [-0.1, -0.05) is 18.9 Å². The molecule has 5 heteroatoms. The van der Waals surface area contributed by atoms with Crippen molar-refractivity contribution >= 4 is 12.1 Å². The predicted octanol–water partition coefficient (Wildman–Crippen LogP) is 2.90. The Bertz CT molecular complexity index is 365. The molecule has 0 bridgehead atoms. The highest BCUT2D eigenvalue weighted by molar-refractivity contribution is 5.82. The SMILES string of the molecule is CCCCOC(=O)N1CCC(=CC(=O)OCC)CC1C. The fourth-order valence-corrected chi connectivity index (χ4v) is 2.22. The van der Waals surface area contributed by atoms with Crippen molar-refractivity contribution in [3.05, 3.63) is 11.6 Å². The molecule has 20 heavy (non-hydrogen) atoms. The van der Waals surface area contributed by atoms with Crippen molar-refractivity contribution in [2.24, 2.45) is 0 Å². The van der Waals surface area contributed by atoms with Gasteiger partial charge in [0.05, 0.1) is 13.2 Å². The van der Waals surface area contributed by atoms with Crippen molar-refractivity contribution in [1.82, 2.24) is 4.90 Å². The normalized spacial score (nSPS) is 20.9. The summed E-state index contributed by atoms with van der Waals surface area (Å²) in [4.78, 5) is 25.0. The second-order valence-corrected chi connectivity index (χ2v) is 5.02. The Morgan fingerprint density at radius 2 is 2.10 bits per heavy atom. The quantitative estimate of drug-likeness (QED) is 0.442. The molecule has 0 aromatic carbocycles. The van der Waals surface area contributed by atoms with Crippen molar-refractivity contribution in [3.8, 4) is 0 Å². The van der Waals surface area contributed by atoms with Crippen LogP contribution in [0.2, 0.25) is 0 Å². The number of carbonyl (C=O) groups excluding carboxylic acids is 2. The van der Waals surface area contributed by atoms with Crippen LogP contribution in [-0.2, 0) is 14.3 Å². The van der Waals surface area contributed by atoms with E-state index in [-0.39, 0.29) is 18.1 Å². The van der Waals surface area contributed by atoms with Gasteiger partial charge in [-0.05, 0) is 33.1 Å². The molecule has 0 spiro atoms. The summed E-state index contributed by atoms with van der Waals surface area (Å²) in [7, 11) is 0. The van der Waals surface area contributed by atoms with Crippen LogP contribution < -0.4 is 0 Å². The zero-order chi connectivity index (χ0) is 15.0. The zero-order valence-corrected chi connectivity index (χ0v) is 12.7. The van der Waals surface area contributed by atoms with Gasteiger partial charge in [-0.15, -0.1) is 0 Å². The third-order valence-electron chi connectivity index (χ3n) is 3.33. The van der Waals surface area contributed by atoms with E-state index in [1.807, 2.05) is 6.92 Å². The van der Waals surface area contributed by atoms with Gasteiger partial charge in [0, 0.05) is 18.7 Å². The zero-order valence-electron chi connectivity index (χ0n) is 12.7. The van der Waals surface area contributed by atoms with Crippen molar-refractivity contribution in [3.63, 3.8) is 0 Å². The maximum atomic E-state index is 11.9. The van der Waals surface area contributed by atoms with Crippen LogP contribution >= 0.6 is 0 Å². The van der Waals surface area contributed by atoms with Crippen LogP contribution in [0.4, 0.5) is 4.79 Å². The molecule has 1 amide bonds. The monoisotopic (exact) mass is 283 g/mol. The van der Waals surface area contributed by atoms with Crippen LogP contribution in [0, 0.1) is 0 Å². The van der Waals surface area contributed by atoms with Gasteiger partial charge in [0.1, 0.15) is 0 Å². The number of hydrogen-bond donors (Lipinski definition) is 0. The van der Waals surface area contributed by atoms with E-state index in [1.54, 1.807) is 17.9 Å². The van der Waals surface area contributed by atoms with Crippen molar-refractivity contribution in [2.45, 2.75) is 52.5 Å². The Balaban J connectivity index is 2.46. The van der Waals surface area contributed by atoms with Crippen molar-refractivity contribution in [2.75, 3.05) is 19.8 Å². The summed E-state index contributed by atoms with van der Waals surface area (Å²) >= 11 is 0. The average molecular weight is 283 g/mol. The standard InChI is InChI=1S/C15H25NO4/c1-4-6-9-20-15(18)16-8-7-13(10-12(16)3)11-14(17)19-5-2/h11-12H,4-10H2,1-3H3. The number of unbranched alkanes of at least 4 members (excludes halogenated alkanes) is 1. The van der Waals surface area contributed by atoms with E-state index in [0.29, 0.717) is 32.6 Å². The van der Waals surface area contributed by atoms with Crippen LogP contribution in [0.25, 0.3) is 0 Å². The smallest absolute Gasteiger partial charge is 0.410 e. The summed E-state index contributed by atoms with van der Waals surface area (Å²) in [6.07, 6.45) is 4.60. The number of likely N-dealkylation sites (tertiary alicyclic amines) is 1. The largest absolute Gasteiger partial charge is 0.463 e. The van der Waals surface area contributed by atoms with E-state index in [2.05, 4.69) is 6.92 Å². The van der Waals surface area contributed by atoms with Crippen molar-refractivity contribution in [1.29, 1.82) is 0 Å². The Labute approximate surface area is 120 Å². The van der Waals surface area contributed by atoms with Crippen molar-refractivity contribution < 1.29 is 19.1 Å². The Morgan fingerprint density at radius 3 is 2.70 bits per heavy atom. The summed E-state index contributed by atoms with van der Waals surface area (Å²) in [5, 5.41) is 0. The number of ether oxygens (including phenoxy) is 2. The number of piperidine rings is 1. The molecule has 0 N–H and O–H groups in total. The molecule has 1 unspecified atom stereocenters. The average Bonchev–Trinajstić information content (AvgIpc) is 2.39. The number of rotatable bonds is 5. The first-order valence-corrected chi connectivity index (χ1v) is 7.38. The molecule has 0 aromatic heterocycles. The third kappa shape index (κ3) is 5.23. The van der Waals surface area contributed by atoms with E-state index in [4.69, 9.17) is 9.47 Å². The first-order valence-electron chi connectivity index (χ1n) is 7.38. The number of esters is 1.